The van der Waals surface area contributed by atoms with Crippen LogP contribution in [-0.2, 0) is 22.4 Å². The van der Waals surface area contributed by atoms with Crippen molar-refractivity contribution in [3.8, 4) is 23.0 Å². The number of nitrogens with two attached hydrogens (primary N) is 1. The molecule has 2 saturated heterocycles. The maximum Gasteiger partial charge on any atom is 0.415 e. The van der Waals surface area contributed by atoms with Gasteiger partial charge in [0.25, 0.3) is 0 Å². The van der Waals surface area contributed by atoms with Crippen molar-refractivity contribution < 1.29 is 33.3 Å². The van der Waals surface area contributed by atoms with Crippen molar-refractivity contribution in [2.75, 3.05) is 41.0 Å². The molecule has 0 spiro atoms. The molecule has 3 unspecified atom stereocenters. The van der Waals surface area contributed by atoms with E-state index in [0.717, 1.165) is 17.5 Å². The van der Waals surface area contributed by atoms with Crippen LogP contribution in [0.15, 0.2) is 36.4 Å². The molecule has 3 atom stereocenters. The van der Waals surface area contributed by atoms with E-state index in [9.17, 15) is 9.59 Å². The number of esters is 1. The Morgan fingerprint density at radius 3 is 2.23 bits per heavy atom. The predicted octanol–water partition coefficient (Wildman–Crippen LogP) is 2.82. The number of rotatable bonds is 8. The highest BCUT2D eigenvalue weighted by Crippen LogP contribution is 2.35. The van der Waals surface area contributed by atoms with Gasteiger partial charge in [0.2, 0.25) is 0 Å². The lowest BCUT2D eigenvalue weighted by atomic mass is 9.85. The molecule has 2 heterocycles. The van der Waals surface area contributed by atoms with Gasteiger partial charge < -0.3 is 34.3 Å². The second kappa shape index (κ2) is 10.9. The van der Waals surface area contributed by atoms with Crippen molar-refractivity contribution in [3.63, 3.8) is 0 Å². The van der Waals surface area contributed by atoms with Gasteiger partial charge in [0.05, 0.1) is 33.9 Å². The molecular weight excluding hydrogens is 452 g/mol. The van der Waals surface area contributed by atoms with E-state index in [1.165, 1.54) is 7.11 Å². The molecular formula is C26H32N2O7. The summed E-state index contributed by atoms with van der Waals surface area (Å²) in [6.07, 6.45) is 1.47. The van der Waals surface area contributed by atoms with Gasteiger partial charge in [0, 0.05) is 25.0 Å². The van der Waals surface area contributed by atoms with Gasteiger partial charge in [-0.15, -0.1) is 0 Å². The first-order valence-corrected chi connectivity index (χ1v) is 11.7. The van der Waals surface area contributed by atoms with Gasteiger partial charge in [-0.05, 0) is 54.7 Å². The molecule has 0 radical (unpaired) electrons. The number of amides is 1. The molecule has 188 valence electrons. The first kappa shape index (κ1) is 24.7. The minimum absolute atomic E-state index is 0.0171. The fraction of sp³-hybridized carbons (Fsp3) is 0.462. The second-order valence-corrected chi connectivity index (χ2v) is 8.94. The summed E-state index contributed by atoms with van der Waals surface area (Å²) in [5.41, 5.74) is 7.82. The van der Waals surface area contributed by atoms with Crippen molar-refractivity contribution in [1.82, 2.24) is 4.90 Å². The molecule has 2 fully saturated rings. The number of likely N-dealkylation sites (tertiary alicyclic amines) is 1. The molecule has 2 aromatic carbocycles. The third-order valence-electron chi connectivity index (χ3n) is 6.62. The second-order valence-electron chi connectivity index (χ2n) is 8.94. The van der Waals surface area contributed by atoms with Crippen LogP contribution in [-0.4, -0.2) is 64.0 Å². The van der Waals surface area contributed by atoms with Crippen LogP contribution in [0.2, 0.25) is 0 Å². The summed E-state index contributed by atoms with van der Waals surface area (Å²) in [6, 6.07) is 11.1. The van der Waals surface area contributed by atoms with Crippen LogP contribution in [0, 0.1) is 11.8 Å². The number of ether oxygens (including phenoxy) is 5. The highest BCUT2D eigenvalue weighted by atomic mass is 16.6. The molecule has 2 aliphatic heterocycles. The summed E-state index contributed by atoms with van der Waals surface area (Å²) in [6.45, 7) is 1.42. The lowest BCUT2D eigenvalue weighted by molar-refractivity contribution is -0.141. The van der Waals surface area contributed by atoms with E-state index in [1.807, 2.05) is 24.3 Å². The molecule has 1 amide bonds. The number of benzene rings is 2. The summed E-state index contributed by atoms with van der Waals surface area (Å²) in [5, 5.41) is 0. The van der Waals surface area contributed by atoms with Crippen molar-refractivity contribution in [2.24, 2.45) is 17.6 Å². The Labute approximate surface area is 205 Å². The number of hydrogen-bond acceptors (Lipinski definition) is 8. The van der Waals surface area contributed by atoms with E-state index in [4.69, 9.17) is 29.4 Å². The lowest BCUT2D eigenvalue weighted by Gasteiger charge is -2.19. The van der Waals surface area contributed by atoms with Crippen molar-refractivity contribution in [2.45, 2.75) is 25.3 Å². The van der Waals surface area contributed by atoms with Gasteiger partial charge in [-0.2, -0.15) is 0 Å². The molecule has 9 nitrogen and oxygen atoms in total. The lowest BCUT2D eigenvalue weighted by Crippen LogP contribution is -2.34. The SMILES string of the molecule is COc1ccc(CC2COC(=O)C2Cc2ccc(OC(=O)N3CCC(N)C3)c(OC)c2)cc1OC. The van der Waals surface area contributed by atoms with Crippen molar-refractivity contribution in [3.05, 3.63) is 47.5 Å². The Bertz CT molecular complexity index is 1070. The molecule has 0 saturated carbocycles. The van der Waals surface area contributed by atoms with Gasteiger partial charge in [-0.25, -0.2) is 4.79 Å². The standard InChI is InChI=1S/C26H32N2O7/c1-31-21-6-4-16(12-23(21)32-2)10-18-15-34-25(29)20(18)11-17-5-7-22(24(13-17)33-3)35-26(30)28-9-8-19(27)14-28/h4-7,12-13,18-20H,8-11,14-15,27H2,1-3H3. The van der Waals surface area contributed by atoms with Gasteiger partial charge >= 0.3 is 12.1 Å². The van der Waals surface area contributed by atoms with Crippen LogP contribution < -0.4 is 24.7 Å². The van der Waals surface area contributed by atoms with Gasteiger partial charge in [0.1, 0.15) is 0 Å². The minimum Gasteiger partial charge on any atom is -0.493 e. The molecule has 2 aliphatic rings. The monoisotopic (exact) mass is 484 g/mol. The van der Waals surface area contributed by atoms with E-state index in [0.29, 0.717) is 55.5 Å². The van der Waals surface area contributed by atoms with Crippen LogP contribution in [0.5, 0.6) is 23.0 Å². The number of hydrogen-bond donors (Lipinski definition) is 1. The van der Waals surface area contributed by atoms with Crippen molar-refractivity contribution >= 4 is 12.1 Å². The minimum atomic E-state index is -0.446. The van der Waals surface area contributed by atoms with Gasteiger partial charge in [0.15, 0.2) is 23.0 Å². The molecule has 9 heteroatoms. The maximum absolute atomic E-state index is 12.6. The largest absolute Gasteiger partial charge is 0.493 e. The highest BCUT2D eigenvalue weighted by molar-refractivity contribution is 5.75. The van der Waals surface area contributed by atoms with E-state index in [1.54, 1.807) is 31.3 Å². The Morgan fingerprint density at radius 1 is 0.971 bits per heavy atom. The molecule has 0 aromatic heterocycles. The highest BCUT2D eigenvalue weighted by Gasteiger charge is 2.37. The zero-order valence-corrected chi connectivity index (χ0v) is 20.3. The molecule has 35 heavy (non-hydrogen) atoms. The zero-order chi connectivity index (χ0) is 24.9. The number of carbonyl (C=O) groups is 2. The Balaban J connectivity index is 1.45. The normalized spacial score (nSPS) is 21.5. The average molecular weight is 485 g/mol. The summed E-state index contributed by atoms with van der Waals surface area (Å²) in [4.78, 5) is 26.6. The maximum atomic E-state index is 12.6. The van der Waals surface area contributed by atoms with Crippen LogP contribution >= 0.6 is 0 Å². The summed E-state index contributed by atoms with van der Waals surface area (Å²) in [5.74, 6) is 1.58. The van der Waals surface area contributed by atoms with Crippen LogP contribution in [0.25, 0.3) is 0 Å². The number of carbonyl (C=O) groups excluding carboxylic acids is 2. The number of cyclic esters (lactones) is 1. The molecule has 0 bridgehead atoms. The summed E-state index contributed by atoms with van der Waals surface area (Å²) >= 11 is 0. The number of methoxy groups -OCH3 is 3. The Kier molecular flexibility index (Phi) is 7.65. The molecule has 4 rings (SSSR count). The average Bonchev–Trinajstić information content (AvgIpc) is 3.45. The van der Waals surface area contributed by atoms with Crippen LogP contribution in [0.1, 0.15) is 17.5 Å². The first-order valence-electron chi connectivity index (χ1n) is 11.7. The molecule has 2 N–H and O–H groups in total. The van der Waals surface area contributed by atoms with Gasteiger partial charge in [-0.1, -0.05) is 12.1 Å². The fourth-order valence-electron chi connectivity index (χ4n) is 4.66. The third-order valence-corrected chi connectivity index (χ3v) is 6.62. The van der Waals surface area contributed by atoms with E-state index < -0.39 is 6.09 Å². The smallest absolute Gasteiger partial charge is 0.415 e. The van der Waals surface area contributed by atoms with E-state index >= 15 is 0 Å². The Hall–Kier alpha value is -3.46. The van der Waals surface area contributed by atoms with Gasteiger partial charge in [-0.3, -0.25) is 4.79 Å². The molecule has 2 aromatic rings. The first-order chi connectivity index (χ1) is 16.9. The zero-order valence-electron chi connectivity index (χ0n) is 20.3. The predicted molar refractivity (Wildman–Crippen MR) is 128 cm³/mol. The van der Waals surface area contributed by atoms with Crippen LogP contribution in [0.4, 0.5) is 4.79 Å². The quantitative estimate of drug-likeness (QED) is 0.570. The topological polar surface area (TPSA) is 110 Å². The van der Waals surface area contributed by atoms with Crippen molar-refractivity contribution in [1.29, 1.82) is 0 Å². The number of nitrogens with zero attached hydrogens (tertiary/aromatic N) is 1. The van der Waals surface area contributed by atoms with E-state index in [-0.39, 0.29) is 23.8 Å². The van der Waals surface area contributed by atoms with E-state index in [2.05, 4.69) is 0 Å². The third kappa shape index (κ3) is 5.62. The van der Waals surface area contributed by atoms with Crippen LogP contribution in [0.3, 0.4) is 0 Å². The summed E-state index contributed by atoms with van der Waals surface area (Å²) < 4.78 is 27.1. The molecule has 0 aliphatic carbocycles. The fourth-order valence-corrected chi connectivity index (χ4v) is 4.66. The summed E-state index contributed by atoms with van der Waals surface area (Å²) in [7, 11) is 4.71. The Morgan fingerprint density at radius 2 is 1.60 bits per heavy atom.